The summed E-state index contributed by atoms with van der Waals surface area (Å²) in [5.74, 6) is -0.379. The van der Waals surface area contributed by atoms with Crippen molar-refractivity contribution in [1.29, 1.82) is 0 Å². The van der Waals surface area contributed by atoms with Crippen LogP contribution in [-0.2, 0) is 4.74 Å². The van der Waals surface area contributed by atoms with E-state index in [9.17, 15) is 9.59 Å². The zero-order valence-corrected chi connectivity index (χ0v) is 14.9. The van der Waals surface area contributed by atoms with Crippen molar-refractivity contribution in [2.24, 2.45) is 0 Å². The van der Waals surface area contributed by atoms with Gasteiger partial charge in [0.05, 0.1) is 24.8 Å². The highest BCUT2D eigenvalue weighted by atomic mass is 16.6. The predicted octanol–water partition coefficient (Wildman–Crippen LogP) is 4.10. The van der Waals surface area contributed by atoms with Crippen LogP contribution in [0.2, 0.25) is 0 Å². The molecule has 0 radical (unpaired) electrons. The highest BCUT2D eigenvalue weighted by Crippen LogP contribution is 2.29. The second-order valence-electron chi connectivity index (χ2n) is 5.69. The van der Waals surface area contributed by atoms with Crippen LogP contribution in [0, 0.1) is 13.8 Å². The summed E-state index contributed by atoms with van der Waals surface area (Å²) in [5, 5.41) is 0. The maximum Gasteiger partial charge on any atom is 0.343 e. The zero-order valence-electron chi connectivity index (χ0n) is 14.9. The molecule has 5 nitrogen and oxygen atoms in total. The Morgan fingerprint density at radius 3 is 2.20 bits per heavy atom. The third-order valence-corrected chi connectivity index (χ3v) is 3.78. The fourth-order valence-electron chi connectivity index (χ4n) is 2.18. The lowest BCUT2D eigenvalue weighted by Crippen LogP contribution is -2.11. The molecule has 0 saturated heterocycles. The molecule has 0 saturated carbocycles. The monoisotopic (exact) mass is 342 g/mol. The highest BCUT2D eigenvalue weighted by molar-refractivity contribution is 5.93. The molecule has 25 heavy (non-hydrogen) atoms. The van der Waals surface area contributed by atoms with Gasteiger partial charge < -0.3 is 14.2 Å². The van der Waals surface area contributed by atoms with Gasteiger partial charge in [0.2, 0.25) is 0 Å². The van der Waals surface area contributed by atoms with E-state index in [1.165, 1.54) is 19.2 Å². The molecule has 0 aliphatic carbocycles. The second kappa shape index (κ2) is 8.33. The molecule has 132 valence electrons. The fourth-order valence-corrected chi connectivity index (χ4v) is 2.18. The summed E-state index contributed by atoms with van der Waals surface area (Å²) >= 11 is 0. The van der Waals surface area contributed by atoms with E-state index >= 15 is 0 Å². The first-order valence-corrected chi connectivity index (χ1v) is 8.10. The molecule has 2 aromatic carbocycles. The Morgan fingerprint density at radius 2 is 1.56 bits per heavy atom. The van der Waals surface area contributed by atoms with Crippen molar-refractivity contribution in [3.8, 4) is 11.5 Å². The lowest BCUT2D eigenvalue weighted by molar-refractivity contribution is 0.0504. The van der Waals surface area contributed by atoms with Crippen molar-refractivity contribution in [3.05, 3.63) is 58.7 Å². The van der Waals surface area contributed by atoms with Crippen molar-refractivity contribution in [3.63, 3.8) is 0 Å². The number of carbonyl (C=O) groups is 2. The molecule has 0 unspecified atom stereocenters. The summed E-state index contributed by atoms with van der Waals surface area (Å²) in [7, 11) is 1.45. The summed E-state index contributed by atoms with van der Waals surface area (Å²) in [6.45, 7) is 6.18. The Morgan fingerprint density at radius 1 is 0.880 bits per heavy atom. The first-order chi connectivity index (χ1) is 12.0. The number of hydrogen-bond acceptors (Lipinski definition) is 5. The first-order valence-electron chi connectivity index (χ1n) is 8.10. The van der Waals surface area contributed by atoms with Crippen LogP contribution in [0.3, 0.4) is 0 Å². The fraction of sp³-hybridized carbons (Fsp3) is 0.300. The number of rotatable bonds is 6. The van der Waals surface area contributed by atoms with Gasteiger partial charge in [-0.05, 0) is 61.7 Å². The molecule has 0 amide bonds. The van der Waals surface area contributed by atoms with Crippen LogP contribution in [0.4, 0.5) is 0 Å². The maximum atomic E-state index is 12.3. The molecular formula is C20H22O5. The van der Waals surface area contributed by atoms with Crippen molar-refractivity contribution < 1.29 is 23.8 Å². The molecule has 0 aliphatic heterocycles. The quantitative estimate of drug-likeness (QED) is 0.584. The van der Waals surface area contributed by atoms with E-state index in [0.717, 1.165) is 17.5 Å². The normalized spacial score (nSPS) is 10.2. The minimum absolute atomic E-state index is 0.248. The molecule has 0 spiro atoms. The Hall–Kier alpha value is -2.82. The smallest absolute Gasteiger partial charge is 0.343 e. The van der Waals surface area contributed by atoms with Gasteiger partial charge in [-0.15, -0.1) is 0 Å². The van der Waals surface area contributed by atoms with E-state index < -0.39 is 11.9 Å². The topological polar surface area (TPSA) is 61.8 Å². The van der Waals surface area contributed by atoms with Gasteiger partial charge in [-0.2, -0.15) is 0 Å². The summed E-state index contributed by atoms with van der Waals surface area (Å²) in [6, 6.07) is 9.94. The number of carbonyl (C=O) groups excluding carboxylic acids is 2. The van der Waals surface area contributed by atoms with E-state index in [0.29, 0.717) is 23.5 Å². The molecule has 0 atom stereocenters. The van der Waals surface area contributed by atoms with Crippen LogP contribution in [0.15, 0.2) is 36.4 Å². The van der Waals surface area contributed by atoms with Crippen LogP contribution in [0.25, 0.3) is 0 Å². The molecule has 2 aromatic rings. The van der Waals surface area contributed by atoms with Gasteiger partial charge in [-0.3, -0.25) is 0 Å². The third-order valence-electron chi connectivity index (χ3n) is 3.78. The molecule has 5 heteroatoms. The summed E-state index contributed by atoms with van der Waals surface area (Å²) in [6.07, 6.45) is 0.745. The highest BCUT2D eigenvalue weighted by Gasteiger charge is 2.16. The van der Waals surface area contributed by atoms with Crippen LogP contribution in [0.1, 0.15) is 45.2 Å². The summed E-state index contributed by atoms with van der Waals surface area (Å²) in [5.41, 5.74) is 2.91. The van der Waals surface area contributed by atoms with E-state index in [1.54, 1.807) is 18.2 Å². The van der Waals surface area contributed by atoms with Crippen molar-refractivity contribution in [2.75, 3.05) is 13.7 Å². The lowest BCUT2D eigenvalue weighted by Gasteiger charge is -2.11. The Labute approximate surface area is 147 Å². The van der Waals surface area contributed by atoms with E-state index in [4.69, 9.17) is 14.2 Å². The maximum absolute atomic E-state index is 12.3. The minimum Gasteiger partial charge on any atom is -0.493 e. The number of hydrogen-bond donors (Lipinski definition) is 0. The molecule has 0 fully saturated rings. The largest absolute Gasteiger partial charge is 0.493 e. The third kappa shape index (κ3) is 4.59. The molecule has 0 aliphatic rings. The summed E-state index contributed by atoms with van der Waals surface area (Å²) in [4.78, 5) is 24.2. The molecule has 0 N–H and O–H groups in total. The molecule has 2 rings (SSSR count). The number of benzene rings is 2. The zero-order chi connectivity index (χ0) is 18.4. The van der Waals surface area contributed by atoms with Crippen LogP contribution in [-0.4, -0.2) is 25.7 Å². The number of methoxy groups -OCH3 is 1. The standard InChI is InChI=1S/C20H22O5/c1-5-10-24-19(21)16-8-9-17(18(12-16)23-4)25-20(22)15-7-6-13(2)14(3)11-15/h6-9,11-12H,5,10H2,1-4H3. The molecular weight excluding hydrogens is 320 g/mol. The number of ether oxygens (including phenoxy) is 3. The van der Waals surface area contributed by atoms with Gasteiger partial charge in [-0.1, -0.05) is 13.0 Å². The van der Waals surface area contributed by atoms with Crippen molar-refractivity contribution >= 4 is 11.9 Å². The van der Waals surface area contributed by atoms with E-state index in [1.807, 2.05) is 26.8 Å². The molecule has 0 heterocycles. The van der Waals surface area contributed by atoms with Crippen LogP contribution in [0.5, 0.6) is 11.5 Å². The van der Waals surface area contributed by atoms with Gasteiger partial charge in [-0.25, -0.2) is 9.59 Å². The number of aryl methyl sites for hydroxylation is 2. The minimum atomic E-state index is -0.484. The van der Waals surface area contributed by atoms with Gasteiger partial charge in [0, 0.05) is 0 Å². The Balaban J connectivity index is 2.19. The Kier molecular flexibility index (Phi) is 6.17. The van der Waals surface area contributed by atoms with Crippen LogP contribution < -0.4 is 9.47 Å². The SMILES string of the molecule is CCCOC(=O)c1ccc(OC(=O)c2ccc(C)c(C)c2)c(OC)c1. The first kappa shape index (κ1) is 18.5. The van der Waals surface area contributed by atoms with Crippen molar-refractivity contribution in [2.45, 2.75) is 27.2 Å². The average Bonchev–Trinajstić information content (AvgIpc) is 2.62. The number of esters is 2. The second-order valence-corrected chi connectivity index (χ2v) is 5.69. The van der Waals surface area contributed by atoms with Crippen molar-refractivity contribution in [1.82, 2.24) is 0 Å². The van der Waals surface area contributed by atoms with Crippen LogP contribution >= 0.6 is 0 Å². The predicted molar refractivity (Wildman–Crippen MR) is 94.4 cm³/mol. The average molecular weight is 342 g/mol. The van der Waals surface area contributed by atoms with E-state index in [2.05, 4.69) is 0 Å². The summed E-state index contributed by atoms with van der Waals surface area (Å²) < 4.78 is 15.7. The van der Waals surface area contributed by atoms with E-state index in [-0.39, 0.29) is 5.75 Å². The molecule has 0 aromatic heterocycles. The van der Waals surface area contributed by atoms with Gasteiger partial charge in [0.25, 0.3) is 0 Å². The molecule has 0 bridgehead atoms. The Bertz CT molecular complexity index is 780. The van der Waals surface area contributed by atoms with Gasteiger partial charge in [0.1, 0.15) is 0 Å². The van der Waals surface area contributed by atoms with Gasteiger partial charge >= 0.3 is 11.9 Å². The lowest BCUT2D eigenvalue weighted by atomic mass is 10.1. The van der Waals surface area contributed by atoms with Gasteiger partial charge in [0.15, 0.2) is 11.5 Å².